The number of nitrogens with one attached hydrogen (secondary N) is 1. The number of nitrogens with zero attached hydrogens (tertiary/aromatic N) is 1. The summed E-state index contributed by atoms with van der Waals surface area (Å²) in [7, 11) is 0. The summed E-state index contributed by atoms with van der Waals surface area (Å²) in [6.07, 6.45) is 3.50. The molecule has 1 aromatic rings. The van der Waals surface area contributed by atoms with Gasteiger partial charge < -0.3 is 15.0 Å². The Morgan fingerprint density at radius 2 is 2.14 bits per heavy atom. The second-order valence-electron chi connectivity index (χ2n) is 4.97. The summed E-state index contributed by atoms with van der Waals surface area (Å²) in [5.41, 5.74) is 1.00. The van der Waals surface area contributed by atoms with E-state index < -0.39 is 0 Å². The van der Waals surface area contributed by atoms with Crippen LogP contribution in [0.5, 0.6) is 5.75 Å². The zero-order valence-corrected chi connectivity index (χ0v) is 13.4. The average molecular weight is 311 g/mol. The number of hydrogen-bond acceptors (Lipinski definition) is 3. The summed E-state index contributed by atoms with van der Waals surface area (Å²) in [6.45, 7) is 7.12. The minimum absolute atomic E-state index is 0. The SMILES string of the molecule is CCOc1ccc(/C=C/C(=O)N2CCNC(C)C2)cc1.Cl. The van der Waals surface area contributed by atoms with Gasteiger partial charge in [-0.2, -0.15) is 0 Å². The monoisotopic (exact) mass is 310 g/mol. The second kappa shape index (κ2) is 8.70. The molecule has 2 rings (SSSR count). The predicted molar refractivity (Wildman–Crippen MR) is 87.9 cm³/mol. The van der Waals surface area contributed by atoms with Crippen LogP contribution in [-0.2, 0) is 4.79 Å². The van der Waals surface area contributed by atoms with Crippen molar-refractivity contribution in [3.8, 4) is 5.75 Å². The van der Waals surface area contributed by atoms with Crippen LogP contribution in [0, 0.1) is 0 Å². The van der Waals surface area contributed by atoms with E-state index in [1.165, 1.54) is 0 Å². The summed E-state index contributed by atoms with van der Waals surface area (Å²) < 4.78 is 5.39. The molecule has 0 saturated carbocycles. The van der Waals surface area contributed by atoms with Gasteiger partial charge in [-0.25, -0.2) is 0 Å². The molecule has 1 aliphatic rings. The van der Waals surface area contributed by atoms with Gasteiger partial charge in [-0.15, -0.1) is 12.4 Å². The smallest absolute Gasteiger partial charge is 0.246 e. The molecule has 5 heteroatoms. The molecular weight excluding hydrogens is 288 g/mol. The number of benzene rings is 1. The Morgan fingerprint density at radius 1 is 1.43 bits per heavy atom. The first-order chi connectivity index (χ1) is 9.69. The van der Waals surface area contributed by atoms with Gasteiger partial charge in [0.15, 0.2) is 0 Å². The summed E-state index contributed by atoms with van der Waals surface area (Å²) in [6, 6.07) is 8.11. The van der Waals surface area contributed by atoms with Crippen molar-refractivity contribution < 1.29 is 9.53 Å². The zero-order chi connectivity index (χ0) is 14.4. The van der Waals surface area contributed by atoms with Gasteiger partial charge in [0.1, 0.15) is 5.75 Å². The van der Waals surface area contributed by atoms with Gasteiger partial charge in [0, 0.05) is 31.8 Å². The summed E-state index contributed by atoms with van der Waals surface area (Å²) in [5, 5.41) is 3.33. The van der Waals surface area contributed by atoms with Crippen LogP contribution < -0.4 is 10.1 Å². The van der Waals surface area contributed by atoms with E-state index in [0.29, 0.717) is 12.6 Å². The minimum Gasteiger partial charge on any atom is -0.494 e. The van der Waals surface area contributed by atoms with Gasteiger partial charge >= 0.3 is 0 Å². The Hall–Kier alpha value is -1.52. The Morgan fingerprint density at radius 3 is 2.76 bits per heavy atom. The lowest BCUT2D eigenvalue weighted by molar-refractivity contribution is -0.127. The summed E-state index contributed by atoms with van der Waals surface area (Å²) >= 11 is 0. The highest BCUT2D eigenvalue weighted by molar-refractivity contribution is 5.91. The van der Waals surface area contributed by atoms with Crippen molar-refractivity contribution >= 4 is 24.4 Å². The van der Waals surface area contributed by atoms with Gasteiger partial charge in [0.05, 0.1) is 6.61 Å². The third-order valence-corrected chi connectivity index (χ3v) is 3.29. The molecule has 1 fully saturated rings. The first kappa shape index (κ1) is 17.5. The summed E-state index contributed by atoms with van der Waals surface area (Å²) in [4.78, 5) is 14.0. The van der Waals surface area contributed by atoms with E-state index in [-0.39, 0.29) is 18.3 Å². The Kier molecular flexibility index (Phi) is 7.26. The van der Waals surface area contributed by atoms with E-state index in [9.17, 15) is 4.79 Å². The van der Waals surface area contributed by atoms with Crippen molar-refractivity contribution in [1.29, 1.82) is 0 Å². The van der Waals surface area contributed by atoms with Crippen molar-refractivity contribution in [2.45, 2.75) is 19.9 Å². The first-order valence-corrected chi connectivity index (χ1v) is 7.12. The van der Waals surface area contributed by atoms with Gasteiger partial charge in [-0.05, 0) is 37.6 Å². The minimum atomic E-state index is 0. The molecule has 0 aromatic heterocycles. The third-order valence-electron chi connectivity index (χ3n) is 3.29. The molecule has 1 unspecified atom stereocenters. The maximum atomic E-state index is 12.1. The van der Waals surface area contributed by atoms with Crippen LogP contribution >= 0.6 is 12.4 Å². The molecule has 21 heavy (non-hydrogen) atoms. The molecular formula is C16H23ClN2O2. The number of carbonyl (C=O) groups is 1. The number of piperazine rings is 1. The van der Waals surface area contributed by atoms with Crippen molar-refractivity contribution in [3.05, 3.63) is 35.9 Å². The molecule has 0 radical (unpaired) electrons. The molecule has 116 valence electrons. The van der Waals surface area contributed by atoms with Crippen LogP contribution in [0.15, 0.2) is 30.3 Å². The van der Waals surface area contributed by atoms with E-state index in [1.54, 1.807) is 6.08 Å². The number of halogens is 1. The molecule has 1 N–H and O–H groups in total. The van der Waals surface area contributed by atoms with Crippen molar-refractivity contribution in [1.82, 2.24) is 10.2 Å². The number of ether oxygens (including phenoxy) is 1. The Balaban J connectivity index is 0.00000220. The molecule has 0 spiro atoms. The fraction of sp³-hybridized carbons (Fsp3) is 0.438. The van der Waals surface area contributed by atoms with Crippen LogP contribution in [0.3, 0.4) is 0 Å². The number of hydrogen-bond donors (Lipinski definition) is 1. The van der Waals surface area contributed by atoms with Crippen LogP contribution in [-0.4, -0.2) is 43.1 Å². The van der Waals surface area contributed by atoms with Crippen molar-refractivity contribution in [3.63, 3.8) is 0 Å². The summed E-state index contributed by atoms with van der Waals surface area (Å²) in [5.74, 6) is 0.930. The van der Waals surface area contributed by atoms with Crippen LogP contribution in [0.25, 0.3) is 6.08 Å². The van der Waals surface area contributed by atoms with E-state index in [2.05, 4.69) is 12.2 Å². The molecule has 0 aliphatic carbocycles. The highest BCUT2D eigenvalue weighted by atomic mass is 35.5. The second-order valence-corrected chi connectivity index (χ2v) is 4.97. The number of carbonyl (C=O) groups excluding carboxylic acids is 1. The number of amides is 1. The van der Waals surface area contributed by atoms with Crippen molar-refractivity contribution in [2.24, 2.45) is 0 Å². The van der Waals surface area contributed by atoms with E-state index in [0.717, 1.165) is 30.9 Å². The fourth-order valence-corrected chi connectivity index (χ4v) is 2.25. The van der Waals surface area contributed by atoms with E-state index in [1.807, 2.05) is 42.2 Å². The maximum Gasteiger partial charge on any atom is 0.246 e. The average Bonchev–Trinajstić information content (AvgIpc) is 2.46. The molecule has 1 aliphatic heterocycles. The topological polar surface area (TPSA) is 41.6 Å². The van der Waals surface area contributed by atoms with E-state index >= 15 is 0 Å². The Labute approximate surface area is 132 Å². The van der Waals surface area contributed by atoms with Crippen LogP contribution in [0.4, 0.5) is 0 Å². The molecule has 4 nitrogen and oxygen atoms in total. The van der Waals surface area contributed by atoms with Gasteiger partial charge in [-0.3, -0.25) is 4.79 Å². The lowest BCUT2D eigenvalue weighted by Gasteiger charge is -2.31. The quantitative estimate of drug-likeness (QED) is 0.868. The standard InChI is InChI=1S/C16H22N2O2.ClH/c1-3-20-15-7-4-14(5-8-15)6-9-16(19)18-11-10-17-13(2)12-18;/h4-9,13,17H,3,10-12H2,1-2H3;1H/b9-6+;. The molecule has 1 amide bonds. The van der Waals surface area contributed by atoms with Crippen LogP contribution in [0.2, 0.25) is 0 Å². The highest BCUT2D eigenvalue weighted by Gasteiger charge is 2.18. The molecule has 1 heterocycles. The molecule has 1 saturated heterocycles. The van der Waals surface area contributed by atoms with Crippen molar-refractivity contribution in [2.75, 3.05) is 26.2 Å². The Bertz CT molecular complexity index is 474. The van der Waals surface area contributed by atoms with Gasteiger partial charge in [0.2, 0.25) is 5.91 Å². The maximum absolute atomic E-state index is 12.1. The third kappa shape index (κ3) is 5.40. The van der Waals surface area contributed by atoms with Crippen LogP contribution in [0.1, 0.15) is 19.4 Å². The molecule has 1 atom stereocenters. The van der Waals surface area contributed by atoms with Gasteiger partial charge in [0.25, 0.3) is 0 Å². The molecule has 0 bridgehead atoms. The first-order valence-electron chi connectivity index (χ1n) is 7.12. The lowest BCUT2D eigenvalue weighted by Crippen LogP contribution is -2.50. The predicted octanol–water partition coefficient (Wildman–Crippen LogP) is 2.34. The largest absolute Gasteiger partial charge is 0.494 e. The van der Waals surface area contributed by atoms with E-state index in [4.69, 9.17) is 4.74 Å². The number of rotatable bonds is 4. The zero-order valence-electron chi connectivity index (χ0n) is 12.5. The van der Waals surface area contributed by atoms with Gasteiger partial charge in [-0.1, -0.05) is 12.1 Å². The normalized spacial score (nSPS) is 18.4. The molecule has 1 aromatic carbocycles. The fourth-order valence-electron chi connectivity index (χ4n) is 2.25. The highest BCUT2D eigenvalue weighted by Crippen LogP contribution is 2.13. The lowest BCUT2D eigenvalue weighted by atomic mass is 10.2.